The Kier molecular flexibility index (Phi) is 4.71. The van der Waals surface area contributed by atoms with Gasteiger partial charge in [0.1, 0.15) is 0 Å². The van der Waals surface area contributed by atoms with Crippen LogP contribution in [0.2, 0.25) is 0 Å². The number of rotatable bonds is 4. The average Bonchev–Trinajstić information content (AvgIpc) is 3.18. The topological polar surface area (TPSA) is 77.3 Å². The largest absolute Gasteiger partial charge is 0.371 e. The Morgan fingerprint density at radius 2 is 2.15 bits per heavy atom. The summed E-state index contributed by atoms with van der Waals surface area (Å²) in [5.41, 5.74) is 2.57. The van der Waals surface area contributed by atoms with E-state index in [9.17, 15) is 8.42 Å². The Bertz CT molecular complexity index is 1080. The van der Waals surface area contributed by atoms with Crippen molar-refractivity contribution in [2.75, 3.05) is 19.7 Å². The average molecular weight is 386 g/mol. The molecular weight excluding hydrogens is 364 g/mol. The summed E-state index contributed by atoms with van der Waals surface area (Å²) < 4.78 is 35.9. The number of morpholine rings is 1. The van der Waals surface area contributed by atoms with Crippen LogP contribution in [0.1, 0.15) is 24.2 Å². The number of aryl methyl sites for hydroxylation is 2. The maximum Gasteiger partial charge on any atom is 0.243 e. The molecule has 1 aliphatic rings. The van der Waals surface area contributed by atoms with Gasteiger partial charge in [0.05, 0.1) is 29.3 Å². The van der Waals surface area contributed by atoms with E-state index in [4.69, 9.17) is 4.74 Å². The third-order valence-corrected chi connectivity index (χ3v) is 6.85. The lowest BCUT2D eigenvalue weighted by molar-refractivity contribution is -0.00258. The highest BCUT2D eigenvalue weighted by Gasteiger charge is 2.33. The lowest BCUT2D eigenvalue weighted by atomic mass is 10.1. The van der Waals surface area contributed by atoms with Gasteiger partial charge in [0, 0.05) is 43.0 Å². The van der Waals surface area contributed by atoms with Gasteiger partial charge in [-0.05, 0) is 37.6 Å². The molecule has 0 saturated carbocycles. The van der Waals surface area contributed by atoms with Crippen LogP contribution < -0.4 is 0 Å². The highest BCUT2D eigenvalue weighted by atomic mass is 32.2. The number of ether oxygens (including phenoxy) is 1. The molecule has 1 saturated heterocycles. The second-order valence-corrected chi connectivity index (χ2v) is 8.54. The first-order chi connectivity index (χ1) is 13.0. The summed E-state index contributed by atoms with van der Waals surface area (Å²) in [5.74, 6) is 0. The summed E-state index contributed by atoms with van der Waals surface area (Å²) >= 11 is 0. The van der Waals surface area contributed by atoms with Crippen molar-refractivity contribution in [3.63, 3.8) is 0 Å². The van der Waals surface area contributed by atoms with Gasteiger partial charge < -0.3 is 4.74 Å². The molecule has 0 aliphatic carbocycles. The first-order valence-electron chi connectivity index (χ1n) is 8.99. The minimum atomic E-state index is -3.66. The highest BCUT2D eigenvalue weighted by Crippen LogP contribution is 2.30. The molecule has 0 unspecified atom stereocenters. The predicted octanol–water partition coefficient (Wildman–Crippen LogP) is 2.52. The zero-order valence-corrected chi connectivity index (χ0v) is 16.2. The van der Waals surface area contributed by atoms with Crippen LogP contribution in [-0.2, 0) is 21.3 Å². The van der Waals surface area contributed by atoms with Gasteiger partial charge in [-0.25, -0.2) is 8.42 Å². The normalized spacial score (nSPS) is 18.8. The SMILES string of the molecule is CCn1cc([C@H]2CN(S(=O)(=O)c3ccc(C)c4ncccc34)CCO2)cn1. The Morgan fingerprint density at radius 3 is 2.93 bits per heavy atom. The van der Waals surface area contributed by atoms with Crippen LogP contribution in [-0.4, -0.2) is 47.2 Å². The molecule has 142 valence electrons. The molecule has 0 N–H and O–H groups in total. The summed E-state index contributed by atoms with van der Waals surface area (Å²) in [6.45, 7) is 5.65. The summed E-state index contributed by atoms with van der Waals surface area (Å²) in [7, 11) is -3.66. The van der Waals surface area contributed by atoms with Crippen molar-refractivity contribution in [3.05, 3.63) is 54.0 Å². The van der Waals surface area contributed by atoms with Gasteiger partial charge in [-0.1, -0.05) is 6.07 Å². The first-order valence-corrected chi connectivity index (χ1v) is 10.4. The molecular formula is C19H22N4O3S. The Balaban J connectivity index is 1.69. The van der Waals surface area contributed by atoms with Crippen molar-refractivity contribution in [2.45, 2.75) is 31.4 Å². The molecule has 0 radical (unpaired) electrons. The van der Waals surface area contributed by atoms with Gasteiger partial charge in [-0.2, -0.15) is 9.40 Å². The predicted molar refractivity (Wildman–Crippen MR) is 102 cm³/mol. The Morgan fingerprint density at radius 1 is 1.30 bits per heavy atom. The zero-order chi connectivity index (χ0) is 19.0. The van der Waals surface area contributed by atoms with Crippen LogP contribution in [0.25, 0.3) is 10.9 Å². The smallest absolute Gasteiger partial charge is 0.243 e. The molecule has 8 heteroatoms. The van der Waals surface area contributed by atoms with E-state index in [1.54, 1.807) is 24.5 Å². The van der Waals surface area contributed by atoms with E-state index in [-0.39, 0.29) is 12.6 Å². The van der Waals surface area contributed by atoms with Crippen molar-refractivity contribution in [1.29, 1.82) is 0 Å². The van der Waals surface area contributed by atoms with Crippen LogP contribution in [0.4, 0.5) is 0 Å². The molecule has 0 spiro atoms. The number of hydrogen-bond acceptors (Lipinski definition) is 5. The molecule has 27 heavy (non-hydrogen) atoms. The quantitative estimate of drug-likeness (QED) is 0.689. The minimum Gasteiger partial charge on any atom is -0.371 e. The number of hydrogen-bond donors (Lipinski definition) is 0. The van der Waals surface area contributed by atoms with E-state index >= 15 is 0 Å². The van der Waals surface area contributed by atoms with E-state index < -0.39 is 10.0 Å². The fourth-order valence-corrected chi connectivity index (χ4v) is 5.02. The molecule has 1 fully saturated rings. The maximum absolute atomic E-state index is 13.4. The van der Waals surface area contributed by atoms with Crippen molar-refractivity contribution < 1.29 is 13.2 Å². The molecule has 2 aromatic heterocycles. The molecule has 3 heterocycles. The standard InChI is InChI=1S/C19H22N4O3S/c1-3-22-12-15(11-21-22)17-13-23(9-10-26-17)27(24,25)18-7-6-14(2)19-16(18)5-4-8-20-19/h4-8,11-12,17H,3,9-10,13H2,1-2H3/t17-/m1/s1. The second-order valence-electron chi connectivity index (χ2n) is 6.63. The maximum atomic E-state index is 13.4. The van der Waals surface area contributed by atoms with Crippen LogP contribution in [0.15, 0.2) is 47.8 Å². The van der Waals surface area contributed by atoms with Crippen molar-refractivity contribution in [3.8, 4) is 0 Å². The minimum absolute atomic E-state index is 0.271. The van der Waals surface area contributed by atoms with Crippen LogP contribution >= 0.6 is 0 Å². The van der Waals surface area contributed by atoms with Gasteiger partial charge in [0.15, 0.2) is 0 Å². The number of pyridine rings is 1. The second kappa shape index (κ2) is 7.03. The van der Waals surface area contributed by atoms with E-state index in [0.717, 1.165) is 17.7 Å². The summed E-state index contributed by atoms with van der Waals surface area (Å²) in [5, 5.41) is 4.92. The highest BCUT2D eigenvalue weighted by molar-refractivity contribution is 7.89. The molecule has 0 bridgehead atoms. The van der Waals surface area contributed by atoms with E-state index in [0.29, 0.717) is 29.0 Å². The third-order valence-electron chi connectivity index (χ3n) is 4.93. The summed E-state index contributed by atoms with van der Waals surface area (Å²) in [6.07, 6.45) is 5.02. The Hall–Kier alpha value is -2.29. The molecule has 3 aromatic rings. The molecule has 1 atom stereocenters. The number of aromatic nitrogens is 3. The first kappa shape index (κ1) is 18.1. The van der Waals surface area contributed by atoms with Gasteiger partial charge in [0.25, 0.3) is 0 Å². The van der Waals surface area contributed by atoms with Crippen LogP contribution in [0.5, 0.6) is 0 Å². The molecule has 1 aliphatic heterocycles. The van der Waals surface area contributed by atoms with Gasteiger partial charge >= 0.3 is 0 Å². The number of fused-ring (bicyclic) bond motifs is 1. The fourth-order valence-electron chi connectivity index (χ4n) is 3.42. The van der Waals surface area contributed by atoms with Crippen molar-refractivity contribution in [2.24, 2.45) is 0 Å². The van der Waals surface area contributed by atoms with Crippen molar-refractivity contribution in [1.82, 2.24) is 19.1 Å². The molecule has 1 aromatic carbocycles. The van der Waals surface area contributed by atoms with Gasteiger partial charge in [-0.3, -0.25) is 9.67 Å². The number of sulfonamides is 1. The lowest BCUT2D eigenvalue weighted by Gasteiger charge is -2.32. The van der Waals surface area contributed by atoms with E-state index in [1.165, 1.54) is 4.31 Å². The van der Waals surface area contributed by atoms with Crippen LogP contribution in [0, 0.1) is 6.92 Å². The molecule has 7 nitrogen and oxygen atoms in total. The Labute approximate surface area is 158 Å². The number of nitrogens with zero attached hydrogens (tertiary/aromatic N) is 4. The summed E-state index contributed by atoms with van der Waals surface area (Å²) in [6, 6.07) is 7.06. The summed E-state index contributed by atoms with van der Waals surface area (Å²) in [4.78, 5) is 4.65. The van der Waals surface area contributed by atoms with Crippen LogP contribution in [0.3, 0.4) is 0 Å². The van der Waals surface area contributed by atoms with E-state index in [1.807, 2.05) is 36.9 Å². The lowest BCUT2D eigenvalue weighted by Crippen LogP contribution is -2.42. The third kappa shape index (κ3) is 3.24. The number of benzene rings is 1. The molecule has 0 amide bonds. The zero-order valence-electron chi connectivity index (χ0n) is 15.4. The van der Waals surface area contributed by atoms with Gasteiger partial charge in [0.2, 0.25) is 10.0 Å². The van der Waals surface area contributed by atoms with Crippen molar-refractivity contribution >= 4 is 20.9 Å². The van der Waals surface area contributed by atoms with Gasteiger partial charge in [-0.15, -0.1) is 0 Å². The molecule has 4 rings (SSSR count). The fraction of sp³-hybridized carbons (Fsp3) is 0.368. The monoisotopic (exact) mass is 386 g/mol. The van der Waals surface area contributed by atoms with E-state index in [2.05, 4.69) is 10.1 Å².